The summed E-state index contributed by atoms with van der Waals surface area (Å²) >= 11 is 1.95. The van der Waals surface area contributed by atoms with E-state index in [9.17, 15) is 8.42 Å². The molecule has 3 aromatic rings. The van der Waals surface area contributed by atoms with E-state index < -0.39 is 10.0 Å². The summed E-state index contributed by atoms with van der Waals surface area (Å²) in [6.07, 6.45) is 1.44. The highest BCUT2D eigenvalue weighted by Gasteiger charge is 2.23. The fourth-order valence-electron chi connectivity index (χ4n) is 2.11. The number of aromatic nitrogens is 2. The fourth-order valence-corrected chi connectivity index (χ4v) is 4.87. The first-order valence-corrected chi connectivity index (χ1v) is 8.44. The lowest BCUT2D eigenvalue weighted by Crippen LogP contribution is -2.14. The predicted octanol–water partition coefficient (Wildman–Crippen LogP) is 2.75. The standard InChI is InChI=1S/C14H8IN3O2S/c15-14-8-11-12(9-16)17-7-6-13(11)18(14)21(19,20)10-4-2-1-3-5-10/h1-8H. The Morgan fingerprint density at radius 2 is 1.90 bits per heavy atom. The quantitative estimate of drug-likeness (QED) is 0.610. The molecule has 2 heterocycles. The summed E-state index contributed by atoms with van der Waals surface area (Å²) in [7, 11) is -3.71. The van der Waals surface area contributed by atoms with Crippen molar-refractivity contribution in [2.75, 3.05) is 0 Å². The van der Waals surface area contributed by atoms with Gasteiger partial charge in [0.15, 0.2) is 0 Å². The van der Waals surface area contributed by atoms with Gasteiger partial charge < -0.3 is 0 Å². The number of pyridine rings is 1. The van der Waals surface area contributed by atoms with Crippen LogP contribution < -0.4 is 0 Å². The van der Waals surface area contributed by atoms with E-state index >= 15 is 0 Å². The van der Waals surface area contributed by atoms with E-state index in [-0.39, 0.29) is 10.6 Å². The summed E-state index contributed by atoms with van der Waals surface area (Å²) in [5.41, 5.74) is 0.669. The van der Waals surface area contributed by atoms with Crippen molar-refractivity contribution in [3.8, 4) is 6.07 Å². The molecule has 0 unspecified atom stereocenters. The average Bonchev–Trinajstić information content (AvgIpc) is 2.84. The highest BCUT2D eigenvalue weighted by atomic mass is 127. The zero-order valence-corrected chi connectivity index (χ0v) is 13.5. The summed E-state index contributed by atoms with van der Waals surface area (Å²) in [6.45, 7) is 0. The van der Waals surface area contributed by atoms with Crippen molar-refractivity contribution in [2.45, 2.75) is 4.90 Å². The predicted molar refractivity (Wildman–Crippen MR) is 86.2 cm³/mol. The molecule has 0 aliphatic heterocycles. The molecule has 0 bridgehead atoms. The van der Waals surface area contributed by atoms with Crippen LogP contribution in [0.15, 0.2) is 53.6 Å². The molecule has 0 atom stereocenters. The molecule has 0 aliphatic carbocycles. The Hall–Kier alpha value is -1.92. The maximum atomic E-state index is 12.8. The number of hydrogen-bond donors (Lipinski definition) is 0. The monoisotopic (exact) mass is 409 g/mol. The van der Waals surface area contributed by atoms with Crippen LogP contribution in [0.4, 0.5) is 0 Å². The van der Waals surface area contributed by atoms with Crippen LogP contribution in [0.5, 0.6) is 0 Å². The smallest absolute Gasteiger partial charge is 0.245 e. The number of halogens is 1. The molecule has 21 heavy (non-hydrogen) atoms. The third kappa shape index (κ3) is 2.20. The molecule has 5 nitrogen and oxygen atoms in total. The lowest BCUT2D eigenvalue weighted by Gasteiger charge is -2.09. The van der Waals surface area contributed by atoms with Gasteiger partial charge in [-0.05, 0) is 46.9 Å². The third-order valence-electron chi connectivity index (χ3n) is 3.03. The molecular formula is C14H8IN3O2S. The van der Waals surface area contributed by atoms with Gasteiger partial charge in [-0.15, -0.1) is 0 Å². The number of fused-ring (bicyclic) bond motifs is 1. The second kappa shape index (κ2) is 5.13. The van der Waals surface area contributed by atoms with E-state index in [1.54, 1.807) is 42.5 Å². The van der Waals surface area contributed by atoms with Gasteiger partial charge in [-0.25, -0.2) is 17.4 Å². The lowest BCUT2D eigenvalue weighted by atomic mass is 10.2. The molecule has 104 valence electrons. The second-order valence-electron chi connectivity index (χ2n) is 4.25. The zero-order valence-electron chi connectivity index (χ0n) is 10.6. The summed E-state index contributed by atoms with van der Waals surface area (Å²) in [6, 6.07) is 13.4. The molecule has 0 aliphatic rings. The number of benzene rings is 1. The van der Waals surface area contributed by atoms with E-state index in [2.05, 4.69) is 4.98 Å². The maximum Gasteiger partial charge on any atom is 0.269 e. The molecule has 0 N–H and O–H groups in total. The maximum absolute atomic E-state index is 12.8. The summed E-state index contributed by atoms with van der Waals surface area (Å²) in [5, 5.41) is 9.61. The van der Waals surface area contributed by atoms with Crippen LogP contribution in [0.3, 0.4) is 0 Å². The first-order valence-electron chi connectivity index (χ1n) is 5.92. The van der Waals surface area contributed by atoms with Crippen LogP contribution in [-0.4, -0.2) is 17.4 Å². The molecule has 3 rings (SSSR count). The zero-order chi connectivity index (χ0) is 15.0. The van der Waals surface area contributed by atoms with E-state index in [0.717, 1.165) is 0 Å². The molecule has 0 spiro atoms. The second-order valence-corrected chi connectivity index (χ2v) is 7.15. The van der Waals surface area contributed by atoms with Gasteiger partial charge in [-0.1, -0.05) is 18.2 Å². The highest BCUT2D eigenvalue weighted by molar-refractivity contribution is 14.1. The van der Waals surface area contributed by atoms with Crippen LogP contribution in [-0.2, 0) is 10.0 Å². The Balaban J connectivity index is 2.37. The molecule has 0 radical (unpaired) electrons. The largest absolute Gasteiger partial charge is 0.269 e. The van der Waals surface area contributed by atoms with E-state index in [0.29, 0.717) is 14.6 Å². The molecule has 2 aromatic heterocycles. The Bertz CT molecular complexity index is 973. The van der Waals surface area contributed by atoms with Gasteiger partial charge in [0.05, 0.1) is 14.1 Å². The third-order valence-corrected chi connectivity index (χ3v) is 5.89. The molecule has 7 heteroatoms. The van der Waals surface area contributed by atoms with E-state index in [4.69, 9.17) is 5.26 Å². The summed E-state index contributed by atoms with van der Waals surface area (Å²) < 4.78 is 27.3. The van der Waals surface area contributed by atoms with Gasteiger partial charge in [0.1, 0.15) is 11.8 Å². The van der Waals surface area contributed by atoms with Crippen LogP contribution in [0.2, 0.25) is 0 Å². The van der Waals surface area contributed by atoms with E-state index in [1.807, 2.05) is 28.7 Å². The van der Waals surface area contributed by atoms with Crippen molar-refractivity contribution in [2.24, 2.45) is 0 Å². The minimum atomic E-state index is -3.71. The van der Waals surface area contributed by atoms with E-state index in [1.165, 1.54) is 10.2 Å². The minimum absolute atomic E-state index is 0.204. The van der Waals surface area contributed by atoms with Gasteiger partial charge in [0.2, 0.25) is 0 Å². The Labute approximate surface area is 135 Å². The molecule has 0 saturated carbocycles. The number of nitrogens with zero attached hydrogens (tertiary/aromatic N) is 3. The van der Waals surface area contributed by atoms with Crippen molar-refractivity contribution < 1.29 is 8.42 Å². The molecule has 0 amide bonds. The van der Waals surface area contributed by atoms with Gasteiger partial charge in [0.25, 0.3) is 10.0 Å². The van der Waals surface area contributed by atoms with Crippen molar-refractivity contribution in [3.63, 3.8) is 0 Å². The van der Waals surface area contributed by atoms with Crippen molar-refractivity contribution in [3.05, 3.63) is 58.1 Å². The average molecular weight is 409 g/mol. The first kappa shape index (κ1) is 14.0. The summed E-state index contributed by atoms with van der Waals surface area (Å²) in [4.78, 5) is 4.17. The molecule has 1 aromatic carbocycles. The number of rotatable bonds is 2. The van der Waals surface area contributed by atoms with Gasteiger partial charge >= 0.3 is 0 Å². The Morgan fingerprint density at radius 1 is 1.19 bits per heavy atom. The minimum Gasteiger partial charge on any atom is -0.245 e. The molecule has 0 fully saturated rings. The first-order chi connectivity index (χ1) is 10.1. The van der Waals surface area contributed by atoms with Crippen molar-refractivity contribution in [1.29, 1.82) is 5.26 Å². The SMILES string of the molecule is N#Cc1nccc2c1cc(I)n2S(=O)(=O)c1ccccc1. The topological polar surface area (TPSA) is 75.8 Å². The Kier molecular flexibility index (Phi) is 3.43. The van der Waals surface area contributed by atoms with Crippen LogP contribution in [0.25, 0.3) is 10.9 Å². The molecule has 0 saturated heterocycles. The summed E-state index contributed by atoms with van der Waals surface area (Å²) in [5.74, 6) is 0. The number of hydrogen-bond acceptors (Lipinski definition) is 4. The van der Waals surface area contributed by atoms with Crippen LogP contribution >= 0.6 is 22.6 Å². The van der Waals surface area contributed by atoms with Gasteiger partial charge in [0, 0.05) is 11.6 Å². The highest BCUT2D eigenvalue weighted by Crippen LogP contribution is 2.27. The number of nitriles is 1. The molecular weight excluding hydrogens is 401 g/mol. The van der Waals surface area contributed by atoms with Crippen molar-refractivity contribution >= 4 is 43.5 Å². The van der Waals surface area contributed by atoms with Gasteiger partial charge in [-0.2, -0.15) is 5.26 Å². The Morgan fingerprint density at radius 3 is 2.57 bits per heavy atom. The fraction of sp³-hybridized carbons (Fsp3) is 0. The van der Waals surface area contributed by atoms with Gasteiger partial charge in [-0.3, -0.25) is 0 Å². The van der Waals surface area contributed by atoms with Crippen LogP contribution in [0, 0.1) is 15.0 Å². The van der Waals surface area contributed by atoms with Crippen molar-refractivity contribution in [1.82, 2.24) is 8.96 Å². The normalized spacial score (nSPS) is 11.4. The van der Waals surface area contributed by atoms with Crippen LogP contribution in [0.1, 0.15) is 5.69 Å². The lowest BCUT2D eigenvalue weighted by molar-refractivity contribution is 0.588.